The van der Waals surface area contributed by atoms with Crippen LogP contribution in [0, 0.1) is 5.92 Å². The van der Waals surface area contributed by atoms with Crippen molar-refractivity contribution in [2.75, 3.05) is 19.7 Å². The van der Waals surface area contributed by atoms with E-state index in [1.807, 2.05) is 13.8 Å². The van der Waals surface area contributed by atoms with Crippen LogP contribution in [-0.2, 0) is 23.0 Å². The number of allylic oxidation sites excluding steroid dienone is 1. The zero-order valence-electron chi connectivity index (χ0n) is 23.5. The lowest BCUT2D eigenvalue weighted by molar-refractivity contribution is -0.170. The summed E-state index contributed by atoms with van der Waals surface area (Å²) in [4.78, 5) is 26.2. The van der Waals surface area contributed by atoms with Crippen LogP contribution in [0.3, 0.4) is 0 Å². The molecule has 1 fully saturated rings. The summed E-state index contributed by atoms with van der Waals surface area (Å²) in [5.74, 6) is -7.23. The Kier molecular flexibility index (Phi) is 10.2. The number of aromatic nitrogens is 1. The van der Waals surface area contributed by atoms with Gasteiger partial charge in [0, 0.05) is 42.0 Å². The van der Waals surface area contributed by atoms with Gasteiger partial charge in [-0.1, -0.05) is 44.0 Å². The lowest BCUT2D eigenvalue weighted by atomic mass is 9.87. The molecule has 1 aliphatic heterocycles. The van der Waals surface area contributed by atoms with E-state index in [9.17, 15) is 31.5 Å². The van der Waals surface area contributed by atoms with Crippen molar-refractivity contribution in [1.29, 1.82) is 0 Å². The van der Waals surface area contributed by atoms with Crippen LogP contribution in [0.2, 0.25) is 10.0 Å². The average Bonchev–Trinajstić information content (AvgIpc) is 3.22. The molecule has 2 unspecified atom stereocenters. The highest BCUT2D eigenvalue weighted by Crippen LogP contribution is 2.43. The van der Waals surface area contributed by atoms with Crippen LogP contribution in [0.15, 0.2) is 23.8 Å². The van der Waals surface area contributed by atoms with E-state index in [2.05, 4.69) is 0 Å². The average molecular weight is 623 g/mol. The van der Waals surface area contributed by atoms with Crippen molar-refractivity contribution in [3.8, 4) is 0 Å². The van der Waals surface area contributed by atoms with E-state index in [0.29, 0.717) is 17.0 Å². The highest BCUT2D eigenvalue weighted by atomic mass is 35.5. The quantitative estimate of drug-likeness (QED) is 0.250. The van der Waals surface area contributed by atoms with Crippen molar-refractivity contribution in [1.82, 2.24) is 9.47 Å². The zero-order chi connectivity index (χ0) is 30.9. The first-order valence-corrected chi connectivity index (χ1v) is 14.2. The molecular formula is C29H33Cl2F5N2O3. The largest absolute Gasteiger partial charge is 0.466 e. The van der Waals surface area contributed by atoms with Crippen LogP contribution in [0.4, 0.5) is 22.0 Å². The van der Waals surface area contributed by atoms with E-state index in [1.165, 1.54) is 19.1 Å². The van der Waals surface area contributed by atoms with Gasteiger partial charge in [0.25, 0.3) is 11.8 Å². The first kappa shape index (κ1) is 32.9. The van der Waals surface area contributed by atoms with E-state index in [-0.39, 0.29) is 53.9 Å². The molecule has 0 N–H and O–H groups in total. The molecule has 2 heterocycles. The minimum Gasteiger partial charge on any atom is -0.466 e. The van der Waals surface area contributed by atoms with Crippen molar-refractivity contribution in [3.05, 3.63) is 61.9 Å². The van der Waals surface area contributed by atoms with Gasteiger partial charge >= 0.3 is 12.1 Å². The van der Waals surface area contributed by atoms with Gasteiger partial charge < -0.3 is 14.2 Å². The maximum absolute atomic E-state index is 14.8. The molecule has 1 aliphatic carbocycles. The van der Waals surface area contributed by atoms with Gasteiger partial charge in [-0.15, -0.1) is 0 Å². The second kappa shape index (κ2) is 12.7. The predicted octanol–water partition coefficient (Wildman–Crippen LogP) is 8.06. The Bertz CT molecular complexity index is 1340. The molecule has 1 aromatic heterocycles. The van der Waals surface area contributed by atoms with Crippen LogP contribution in [-0.4, -0.2) is 53.1 Å². The molecule has 41 heavy (non-hydrogen) atoms. The number of ether oxygens (including phenoxy) is 1. The molecule has 2 atom stereocenters. The highest BCUT2D eigenvalue weighted by Gasteiger charge is 2.50. The van der Waals surface area contributed by atoms with Gasteiger partial charge in [0.2, 0.25) is 0 Å². The SMILES string of the molecule is CC.CCOC(=O)C1CCN(C(=O)c2ccc(Cl)c(Cc3cc4c(n3C)C=C(C(F)(F)F)CC4C)c2Cl)CC1(F)F. The fraction of sp³-hybridized carbons (Fsp3) is 0.517. The standard InChI is InChI=1S/C27H27Cl2F5N2O3.C2H6/c1-4-39-25(38)20-7-8-36(13-26(20,30)31)24(37)17-5-6-21(28)19(23(17)29)12-16-11-18-14(2)9-15(27(32,33)34)10-22(18)35(16)3;1-2/h5-6,10-11,14,20H,4,7-9,12-13H2,1-3H3;1-2H3. The van der Waals surface area contributed by atoms with Crippen LogP contribution < -0.4 is 0 Å². The second-order valence-corrected chi connectivity index (χ2v) is 10.7. The Balaban J connectivity index is 0.00000226. The van der Waals surface area contributed by atoms with Crippen molar-refractivity contribution < 1.29 is 36.3 Å². The number of hydrogen-bond acceptors (Lipinski definition) is 3. The van der Waals surface area contributed by atoms with Crippen LogP contribution >= 0.6 is 23.2 Å². The van der Waals surface area contributed by atoms with E-state index < -0.39 is 42.0 Å². The number of halogens is 7. The predicted molar refractivity (Wildman–Crippen MR) is 149 cm³/mol. The minimum atomic E-state index is -4.43. The monoisotopic (exact) mass is 622 g/mol. The number of amides is 1. The Morgan fingerprint density at radius 3 is 2.41 bits per heavy atom. The number of likely N-dealkylation sites (tertiary alicyclic amines) is 1. The van der Waals surface area contributed by atoms with Crippen molar-refractivity contribution >= 4 is 41.2 Å². The third kappa shape index (κ3) is 6.74. The van der Waals surface area contributed by atoms with Gasteiger partial charge in [0.1, 0.15) is 5.92 Å². The Labute approximate surface area is 246 Å². The molecule has 2 aliphatic rings. The topological polar surface area (TPSA) is 51.5 Å². The molecule has 0 bridgehead atoms. The molecule has 226 valence electrons. The minimum absolute atomic E-state index is 0.0259. The second-order valence-electron chi connectivity index (χ2n) is 9.95. The summed E-state index contributed by atoms with van der Waals surface area (Å²) in [5.41, 5.74) is 1.52. The van der Waals surface area contributed by atoms with E-state index >= 15 is 0 Å². The molecular weight excluding hydrogens is 590 g/mol. The molecule has 4 rings (SSSR count). The Morgan fingerprint density at radius 1 is 1.17 bits per heavy atom. The molecule has 1 amide bonds. The van der Waals surface area contributed by atoms with E-state index in [0.717, 1.165) is 16.5 Å². The fourth-order valence-corrected chi connectivity index (χ4v) is 5.81. The number of fused-ring (bicyclic) bond motifs is 1. The number of carbonyl (C=O) groups is 2. The van der Waals surface area contributed by atoms with Gasteiger partial charge in [-0.3, -0.25) is 9.59 Å². The summed E-state index contributed by atoms with van der Waals surface area (Å²) in [6.07, 6.45) is -3.59. The number of alkyl halides is 5. The molecule has 2 aromatic rings. The van der Waals surface area contributed by atoms with Gasteiger partial charge in [-0.25, -0.2) is 8.78 Å². The number of piperidine rings is 1. The lowest BCUT2D eigenvalue weighted by Gasteiger charge is -2.37. The number of carbonyl (C=O) groups excluding carboxylic acids is 2. The maximum atomic E-state index is 14.8. The number of nitrogens with zero attached hydrogens (tertiary/aromatic N) is 2. The van der Waals surface area contributed by atoms with Gasteiger partial charge in [0.05, 0.1) is 23.7 Å². The number of hydrogen-bond donors (Lipinski definition) is 0. The van der Waals surface area contributed by atoms with Gasteiger partial charge in [-0.05, 0) is 61.1 Å². The number of esters is 1. The third-order valence-corrected chi connectivity index (χ3v) is 8.16. The Morgan fingerprint density at radius 2 is 1.83 bits per heavy atom. The molecule has 0 saturated carbocycles. The molecule has 1 aromatic carbocycles. The normalized spacial score (nSPS) is 20.0. The maximum Gasteiger partial charge on any atom is 0.412 e. The molecule has 0 spiro atoms. The summed E-state index contributed by atoms with van der Waals surface area (Å²) < 4.78 is 76.1. The van der Waals surface area contributed by atoms with E-state index in [1.54, 1.807) is 24.6 Å². The molecule has 1 saturated heterocycles. The summed E-state index contributed by atoms with van der Waals surface area (Å²) in [7, 11) is 1.64. The zero-order valence-corrected chi connectivity index (χ0v) is 25.0. The van der Waals surface area contributed by atoms with Crippen LogP contribution in [0.5, 0.6) is 0 Å². The summed E-state index contributed by atoms with van der Waals surface area (Å²) in [6, 6.07) is 4.58. The van der Waals surface area contributed by atoms with Crippen molar-refractivity contribution in [2.45, 2.75) is 65.0 Å². The fourth-order valence-electron chi connectivity index (χ4n) is 5.23. The first-order chi connectivity index (χ1) is 19.2. The number of benzene rings is 1. The highest BCUT2D eigenvalue weighted by molar-refractivity contribution is 6.38. The van der Waals surface area contributed by atoms with E-state index in [4.69, 9.17) is 27.9 Å². The third-order valence-electron chi connectivity index (χ3n) is 7.37. The van der Waals surface area contributed by atoms with Crippen molar-refractivity contribution in [3.63, 3.8) is 0 Å². The van der Waals surface area contributed by atoms with Crippen LogP contribution in [0.25, 0.3) is 6.08 Å². The first-order valence-electron chi connectivity index (χ1n) is 13.4. The summed E-state index contributed by atoms with van der Waals surface area (Å²) in [6.45, 7) is 6.15. The van der Waals surface area contributed by atoms with Crippen molar-refractivity contribution in [2.24, 2.45) is 13.0 Å². The molecule has 12 heteroatoms. The summed E-state index contributed by atoms with van der Waals surface area (Å²) >= 11 is 13.0. The summed E-state index contributed by atoms with van der Waals surface area (Å²) in [5, 5.41) is 0.198. The Hall–Kier alpha value is -2.59. The van der Waals surface area contributed by atoms with Gasteiger partial charge in [-0.2, -0.15) is 13.2 Å². The molecule has 5 nitrogen and oxygen atoms in total. The van der Waals surface area contributed by atoms with Crippen LogP contribution in [0.1, 0.15) is 79.3 Å². The molecule has 0 radical (unpaired) electrons. The smallest absolute Gasteiger partial charge is 0.412 e. The van der Waals surface area contributed by atoms with Gasteiger partial charge in [0.15, 0.2) is 0 Å². The number of rotatable bonds is 5. The lowest BCUT2D eigenvalue weighted by Crippen LogP contribution is -2.53.